The number of carboxylic acids is 1. The monoisotopic (exact) mass is 515 g/mol. The molecule has 1 fully saturated rings. The zero-order valence-corrected chi connectivity index (χ0v) is 20.7. The van der Waals surface area contributed by atoms with Gasteiger partial charge in [-0.25, -0.2) is 4.79 Å². The molecule has 1 aliphatic rings. The Labute approximate surface area is 214 Å². The molecule has 3 amide bonds. The Bertz CT molecular complexity index is 1150. The summed E-state index contributed by atoms with van der Waals surface area (Å²) in [5.74, 6) is -2.60. The van der Waals surface area contributed by atoms with Crippen LogP contribution in [0.3, 0.4) is 0 Å². The van der Waals surface area contributed by atoms with E-state index in [1.54, 1.807) is 12.1 Å². The van der Waals surface area contributed by atoms with Crippen molar-refractivity contribution < 1.29 is 29.4 Å². The molecule has 0 bridgehead atoms. The number of phenols is 1. The molecule has 5 N–H and O–H groups in total. The second kappa shape index (κ2) is 11.9. The first-order valence-electron chi connectivity index (χ1n) is 11.8. The summed E-state index contributed by atoms with van der Waals surface area (Å²) < 4.78 is 0. The third-order valence-corrected chi connectivity index (χ3v) is 6.73. The molecule has 36 heavy (non-hydrogen) atoms. The van der Waals surface area contributed by atoms with E-state index in [0.717, 1.165) is 32.1 Å². The van der Waals surface area contributed by atoms with Gasteiger partial charge in [0, 0.05) is 24.1 Å². The zero-order valence-electron chi connectivity index (χ0n) is 20.0. The summed E-state index contributed by atoms with van der Waals surface area (Å²) in [6.07, 6.45) is 4.46. The van der Waals surface area contributed by atoms with Crippen molar-refractivity contribution in [1.82, 2.24) is 16.0 Å². The van der Waals surface area contributed by atoms with Crippen molar-refractivity contribution in [1.29, 1.82) is 0 Å². The number of carboxylic acid groups (broad SMARTS) is 1. The fourth-order valence-corrected chi connectivity index (χ4v) is 4.46. The van der Waals surface area contributed by atoms with E-state index in [0.29, 0.717) is 5.56 Å². The molecule has 0 heterocycles. The normalized spacial score (nSPS) is 15.4. The van der Waals surface area contributed by atoms with Crippen molar-refractivity contribution in [2.45, 2.75) is 51.6 Å². The molecular formula is C26H30ClN3O6. The maximum Gasteiger partial charge on any atom is 0.328 e. The van der Waals surface area contributed by atoms with Crippen molar-refractivity contribution in [2.75, 3.05) is 6.54 Å². The van der Waals surface area contributed by atoms with Gasteiger partial charge in [-0.3, -0.25) is 14.4 Å². The molecular weight excluding hydrogens is 486 g/mol. The Kier molecular flexibility index (Phi) is 8.93. The number of nitrogens with one attached hydrogen (secondary N) is 3. The highest BCUT2D eigenvalue weighted by Crippen LogP contribution is 2.35. The van der Waals surface area contributed by atoms with E-state index in [1.165, 1.54) is 30.3 Å². The second-order valence-corrected chi connectivity index (χ2v) is 9.65. The number of carbonyl (C=O) groups is 4. The van der Waals surface area contributed by atoms with Crippen LogP contribution in [0.5, 0.6) is 5.75 Å². The van der Waals surface area contributed by atoms with Gasteiger partial charge in [0.05, 0.1) is 10.6 Å². The maximum absolute atomic E-state index is 12.7. The predicted octanol–water partition coefficient (Wildman–Crippen LogP) is 3.25. The van der Waals surface area contributed by atoms with Gasteiger partial charge < -0.3 is 26.2 Å². The van der Waals surface area contributed by atoms with Gasteiger partial charge in [-0.05, 0) is 48.7 Å². The molecule has 0 saturated heterocycles. The van der Waals surface area contributed by atoms with Crippen LogP contribution < -0.4 is 16.0 Å². The van der Waals surface area contributed by atoms with Gasteiger partial charge in [0.2, 0.25) is 5.91 Å². The van der Waals surface area contributed by atoms with Gasteiger partial charge in [-0.2, -0.15) is 0 Å². The summed E-state index contributed by atoms with van der Waals surface area (Å²) in [6.45, 7) is 1.79. The first-order valence-corrected chi connectivity index (χ1v) is 12.1. The average Bonchev–Trinajstić information content (AvgIpc) is 2.85. The van der Waals surface area contributed by atoms with E-state index >= 15 is 0 Å². The smallest absolute Gasteiger partial charge is 0.328 e. The summed E-state index contributed by atoms with van der Waals surface area (Å²) in [6, 6.07) is 9.16. The van der Waals surface area contributed by atoms with Crippen molar-refractivity contribution in [2.24, 2.45) is 5.41 Å². The predicted molar refractivity (Wildman–Crippen MR) is 134 cm³/mol. The molecule has 10 heteroatoms. The number of hydrogen-bond donors (Lipinski definition) is 5. The Morgan fingerprint density at radius 1 is 1.00 bits per heavy atom. The molecule has 192 valence electrons. The van der Waals surface area contributed by atoms with Crippen LogP contribution in [0.1, 0.15) is 65.3 Å². The van der Waals surface area contributed by atoms with E-state index in [2.05, 4.69) is 16.0 Å². The minimum Gasteiger partial charge on any atom is -0.508 e. The lowest BCUT2D eigenvalue weighted by atomic mass is 9.75. The number of aliphatic carboxylic acids is 1. The first kappa shape index (κ1) is 27.0. The van der Waals surface area contributed by atoms with Gasteiger partial charge in [0.15, 0.2) is 0 Å². The number of aromatic hydroxyl groups is 1. The van der Waals surface area contributed by atoms with Crippen molar-refractivity contribution >= 4 is 35.3 Å². The molecule has 3 rings (SSSR count). The second-order valence-electron chi connectivity index (χ2n) is 9.24. The lowest BCUT2D eigenvalue weighted by Crippen LogP contribution is -2.51. The number of benzene rings is 2. The maximum atomic E-state index is 12.7. The molecule has 0 spiro atoms. The van der Waals surface area contributed by atoms with E-state index in [9.17, 15) is 29.4 Å². The fourth-order valence-electron chi connectivity index (χ4n) is 4.19. The highest BCUT2D eigenvalue weighted by atomic mass is 35.5. The van der Waals surface area contributed by atoms with Crippen LogP contribution in [0.2, 0.25) is 5.02 Å². The SMILES string of the molecule is CC1(C(=O)NC[C@H](NC(=O)c2ccc(C(=O)NCc3cccc(O)c3)cc2Cl)C(=O)O)CCCCC1. The molecule has 0 unspecified atom stereocenters. The van der Waals surface area contributed by atoms with Gasteiger partial charge >= 0.3 is 5.97 Å². The van der Waals surface area contributed by atoms with Crippen molar-refractivity contribution in [3.63, 3.8) is 0 Å². The summed E-state index contributed by atoms with van der Waals surface area (Å²) in [7, 11) is 0. The van der Waals surface area contributed by atoms with E-state index in [1.807, 2.05) is 6.92 Å². The van der Waals surface area contributed by atoms with Crippen molar-refractivity contribution in [3.05, 3.63) is 64.2 Å². The summed E-state index contributed by atoms with van der Waals surface area (Å²) in [5, 5.41) is 26.8. The molecule has 1 aliphatic carbocycles. The number of amides is 3. The van der Waals surface area contributed by atoms with E-state index in [4.69, 9.17) is 11.6 Å². The number of rotatable bonds is 9. The first-order chi connectivity index (χ1) is 17.1. The summed E-state index contributed by atoms with van der Waals surface area (Å²) in [4.78, 5) is 49.5. The molecule has 0 radical (unpaired) electrons. The Morgan fingerprint density at radius 3 is 2.36 bits per heavy atom. The number of hydrogen-bond acceptors (Lipinski definition) is 5. The molecule has 1 atom stereocenters. The summed E-state index contributed by atoms with van der Waals surface area (Å²) >= 11 is 6.23. The lowest BCUT2D eigenvalue weighted by molar-refractivity contribution is -0.139. The standard InChI is InChI=1S/C26H30ClN3O6/c1-26(10-3-2-4-11-26)25(36)29-15-21(24(34)35)30-23(33)19-9-8-17(13-20(19)27)22(32)28-14-16-6-5-7-18(31)12-16/h5-9,12-13,21,31H,2-4,10-11,14-15H2,1H3,(H,28,32)(H,29,36)(H,30,33)(H,34,35)/t21-/m0/s1. The molecule has 1 saturated carbocycles. The van der Waals surface area contributed by atoms with Crippen LogP contribution in [-0.2, 0) is 16.1 Å². The van der Waals surface area contributed by atoms with E-state index in [-0.39, 0.29) is 40.9 Å². The molecule has 2 aromatic carbocycles. The Hall–Kier alpha value is -3.59. The molecule has 9 nitrogen and oxygen atoms in total. The van der Waals surface area contributed by atoms with Crippen LogP contribution in [0.4, 0.5) is 0 Å². The zero-order chi connectivity index (χ0) is 26.3. The minimum absolute atomic E-state index is 0.00184. The number of carbonyl (C=O) groups excluding carboxylic acids is 3. The largest absolute Gasteiger partial charge is 0.508 e. The average molecular weight is 516 g/mol. The quantitative estimate of drug-likeness (QED) is 0.346. The Morgan fingerprint density at radius 2 is 1.72 bits per heavy atom. The molecule has 2 aromatic rings. The third-order valence-electron chi connectivity index (χ3n) is 6.41. The highest BCUT2D eigenvalue weighted by Gasteiger charge is 2.35. The van der Waals surface area contributed by atoms with Crippen LogP contribution in [0, 0.1) is 5.41 Å². The van der Waals surface area contributed by atoms with Gasteiger partial charge in [-0.15, -0.1) is 0 Å². The van der Waals surface area contributed by atoms with Crippen LogP contribution in [-0.4, -0.2) is 46.5 Å². The molecule has 0 aliphatic heterocycles. The fraction of sp³-hybridized carbons (Fsp3) is 0.385. The van der Waals surface area contributed by atoms with Gasteiger partial charge in [0.1, 0.15) is 11.8 Å². The van der Waals surface area contributed by atoms with Gasteiger partial charge in [0.25, 0.3) is 11.8 Å². The van der Waals surface area contributed by atoms with Crippen LogP contribution in [0.15, 0.2) is 42.5 Å². The van der Waals surface area contributed by atoms with E-state index < -0.39 is 29.2 Å². The Balaban J connectivity index is 1.59. The van der Waals surface area contributed by atoms with Crippen molar-refractivity contribution in [3.8, 4) is 5.75 Å². The highest BCUT2D eigenvalue weighted by molar-refractivity contribution is 6.34. The molecule has 0 aromatic heterocycles. The summed E-state index contributed by atoms with van der Waals surface area (Å²) in [5.41, 5.74) is 0.374. The minimum atomic E-state index is -1.35. The number of halogens is 1. The topological polar surface area (TPSA) is 145 Å². The lowest BCUT2D eigenvalue weighted by Gasteiger charge is -2.32. The third kappa shape index (κ3) is 6.97. The van der Waals surface area contributed by atoms with Gasteiger partial charge in [-0.1, -0.05) is 49.9 Å². The number of phenolic OH excluding ortho intramolecular Hbond substituents is 1. The van der Waals surface area contributed by atoms with Crippen LogP contribution >= 0.6 is 11.6 Å². The van der Waals surface area contributed by atoms with Crippen LogP contribution in [0.25, 0.3) is 0 Å².